The van der Waals surface area contributed by atoms with Gasteiger partial charge in [0.15, 0.2) is 0 Å². The van der Waals surface area contributed by atoms with Gasteiger partial charge in [0.05, 0.1) is 12.2 Å². The fourth-order valence-corrected chi connectivity index (χ4v) is 3.30. The fraction of sp³-hybridized carbons (Fsp3) is 0.562. The van der Waals surface area contributed by atoms with Gasteiger partial charge in [-0.15, -0.1) is 0 Å². The molecule has 2 unspecified atom stereocenters. The van der Waals surface area contributed by atoms with Crippen LogP contribution in [0.3, 0.4) is 0 Å². The van der Waals surface area contributed by atoms with Gasteiger partial charge in [-0.25, -0.2) is 0 Å². The number of benzene rings is 1. The monoisotopic (exact) mass is 328 g/mol. The van der Waals surface area contributed by atoms with Gasteiger partial charge in [-0.05, 0) is 24.0 Å². The second-order valence-electron chi connectivity index (χ2n) is 6.00. The van der Waals surface area contributed by atoms with Gasteiger partial charge in [0.2, 0.25) is 5.91 Å². The Balaban J connectivity index is 1.91. The lowest BCUT2D eigenvalue weighted by Gasteiger charge is -2.37. The van der Waals surface area contributed by atoms with E-state index in [9.17, 15) is 18.0 Å². The third kappa shape index (κ3) is 3.50. The molecule has 0 aliphatic carbocycles. The number of hydrogen-bond acceptors (Lipinski definition) is 3. The molecule has 0 bridgehead atoms. The summed E-state index contributed by atoms with van der Waals surface area (Å²) in [6.07, 6.45) is -3.60. The minimum Gasteiger partial charge on any atom is -0.381 e. The first kappa shape index (κ1) is 16.3. The third-order valence-electron chi connectivity index (χ3n) is 4.39. The molecule has 2 heterocycles. The number of amides is 1. The highest BCUT2D eigenvalue weighted by Crippen LogP contribution is 2.37. The van der Waals surface area contributed by atoms with Crippen molar-refractivity contribution >= 4 is 5.91 Å². The van der Waals surface area contributed by atoms with Crippen LogP contribution in [-0.4, -0.2) is 43.7 Å². The zero-order valence-electron chi connectivity index (χ0n) is 12.6. The lowest BCUT2D eigenvalue weighted by Crippen LogP contribution is -2.51. The number of carbonyl (C=O) groups excluding carboxylic acids is 1. The van der Waals surface area contributed by atoms with E-state index in [1.165, 1.54) is 12.1 Å². The van der Waals surface area contributed by atoms with Crippen molar-refractivity contribution in [2.75, 3.05) is 32.8 Å². The summed E-state index contributed by atoms with van der Waals surface area (Å²) in [6, 6.07) is 4.43. The summed E-state index contributed by atoms with van der Waals surface area (Å²) in [7, 11) is 0. The number of nitrogens with zero attached hydrogens (tertiary/aromatic N) is 1. The van der Waals surface area contributed by atoms with Crippen LogP contribution in [0.4, 0.5) is 13.2 Å². The van der Waals surface area contributed by atoms with Crippen molar-refractivity contribution in [3.05, 3.63) is 35.4 Å². The Morgan fingerprint density at radius 2 is 2.09 bits per heavy atom. The van der Waals surface area contributed by atoms with Gasteiger partial charge in [-0.3, -0.25) is 9.69 Å². The second-order valence-corrected chi connectivity index (χ2v) is 6.00. The highest BCUT2D eigenvalue weighted by atomic mass is 19.4. The van der Waals surface area contributed by atoms with E-state index >= 15 is 0 Å². The van der Waals surface area contributed by atoms with Crippen molar-refractivity contribution < 1.29 is 22.7 Å². The molecule has 2 atom stereocenters. The predicted octanol–water partition coefficient (Wildman–Crippen LogP) is 2.21. The van der Waals surface area contributed by atoms with Crippen molar-refractivity contribution in [3.63, 3.8) is 0 Å². The highest BCUT2D eigenvalue weighted by molar-refractivity contribution is 5.84. The van der Waals surface area contributed by atoms with Crippen molar-refractivity contribution in [2.24, 2.45) is 5.92 Å². The smallest absolute Gasteiger partial charge is 0.381 e. The summed E-state index contributed by atoms with van der Waals surface area (Å²) in [6.45, 7) is 2.85. The van der Waals surface area contributed by atoms with Crippen molar-refractivity contribution in [1.29, 1.82) is 0 Å². The predicted molar refractivity (Wildman–Crippen MR) is 77.7 cm³/mol. The molecule has 2 aliphatic rings. The van der Waals surface area contributed by atoms with Crippen LogP contribution in [0.1, 0.15) is 23.6 Å². The van der Waals surface area contributed by atoms with Crippen LogP contribution < -0.4 is 5.32 Å². The molecule has 23 heavy (non-hydrogen) atoms. The zero-order chi connectivity index (χ0) is 16.4. The van der Waals surface area contributed by atoms with Gasteiger partial charge < -0.3 is 10.1 Å². The summed E-state index contributed by atoms with van der Waals surface area (Å²) < 4.78 is 45.2. The molecule has 126 valence electrons. The third-order valence-corrected chi connectivity index (χ3v) is 4.39. The van der Waals surface area contributed by atoms with Gasteiger partial charge in [-0.1, -0.05) is 18.2 Å². The van der Waals surface area contributed by atoms with E-state index in [4.69, 9.17) is 4.74 Å². The van der Waals surface area contributed by atoms with Crippen molar-refractivity contribution in [1.82, 2.24) is 10.2 Å². The number of alkyl halides is 3. The van der Waals surface area contributed by atoms with Crippen molar-refractivity contribution in [3.8, 4) is 0 Å². The molecule has 0 spiro atoms. The molecular weight excluding hydrogens is 309 g/mol. The molecule has 0 aromatic heterocycles. The number of hydrogen-bond donors (Lipinski definition) is 1. The van der Waals surface area contributed by atoms with E-state index < -0.39 is 17.8 Å². The lowest BCUT2D eigenvalue weighted by atomic mass is 9.95. The zero-order valence-corrected chi connectivity index (χ0v) is 12.6. The number of rotatable bonds is 3. The van der Waals surface area contributed by atoms with Gasteiger partial charge in [0.25, 0.3) is 0 Å². The molecule has 1 aromatic carbocycles. The molecule has 2 fully saturated rings. The maximum Gasteiger partial charge on any atom is 0.416 e. The summed E-state index contributed by atoms with van der Waals surface area (Å²) in [4.78, 5) is 14.2. The molecule has 1 N–H and O–H groups in total. The maximum absolute atomic E-state index is 13.3. The number of ether oxygens (including phenoxy) is 1. The largest absolute Gasteiger partial charge is 0.416 e. The van der Waals surface area contributed by atoms with E-state index in [0.29, 0.717) is 32.8 Å². The summed E-state index contributed by atoms with van der Waals surface area (Å²) in [5.41, 5.74) is -0.717. The molecule has 1 aromatic rings. The van der Waals surface area contributed by atoms with E-state index in [1.54, 1.807) is 6.07 Å². The minimum absolute atomic E-state index is 0.0242. The Morgan fingerprint density at radius 1 is 1.30 bits per heavy atom. The molecule has 2 aliphatic heterocycles. The average Bonchev–Trinajstić information content (AvgIpc) is 3.00. The first-order valence-corrected chi connectivity index (χ1v) is 7.72. The van der Waals surface area contributed by atoms with E-state index in [1.807, 2.05) is 4.90 Å². The number of carbonyl (C=O) groups is 1. The van der Waals surface area contributed by atoms with Crippen LogP contribution in [0, 0.1) is 5.92 Å². The van der Waals surface area contributed by atoms with E-state index in [0.717, 1.165) is 12.5 Å². The Bertz CT molecular complexity index is 571. The number of piperazine rings is 1. The van der Waals surface area contributed by atoms with Gasteiger partial charge in [0.1, 0.15) is 6.04 Å². The van der Waals surface area contributed by atoms with Crippen LogP contribution in [0.25, 0.3) is 0 Å². The quantitative estimate of drug-likeness (QED) is 0.925. The number of halogens is 3. The Labute approximate surface area is 132 Å². The molecule has 3 rings (SSSR count). The second kappa shape index (κ2) is 6.49. The molecule has 7 heteroatoms. The first-order chi connectivity index (χ1) is 11.0. The van der Waals surface area contributed by atoms with Crippen LogP contribution in [-0.2, 0) is 15.7 Å². The Kier molecular flexibility index (Phi) is 4.59. The maximum atomic E-state index is 13.3. The highest BCUT2D eigenvalue weighted by Gasteiger charge is 2.40. The fourth-order valence-electron chi connectivity index (χ4n) is 3.30. The van der Waals surface area contributed by atoms with Crippen LogP contribution >= 0.6 is 0 Å². The normalized spacial score (nSPS) is 26.3. The Morgan fingerprint density at radius 3 is 2.78 bits per heavy atom. The summed E-state index contributed by atoms with van der Waals surface area (Å²) >= 11 is 0. The van der Waals surface area contributed by atoms with Crippen LogP contribution in [0.15, 0.2) is 24.3 Å². The molecule has 0 saturated carbocycles. The SMILES string of the molecule is O=C1NCCN(CC2CCOC2)C1c1ccccc1C(F)(F)F. The van der Waals surface area contributed by atoms with Crippen LogP contribution in [0.2, 0.25) is 0 Å². The lowest BCUT2D eigenvalue weighted by molar-refractivity contribution is -0.140. The number of nitrogens with one attached hydrogen (secondary N) is 1. The summed E-state index contributed by atoms with van der Waals surface area (Å²) in [5, 5.41) is 2.68. The molecule has 0 radical (unpaired) electrons. The van der Waals surface area contributed by atoms with Crippen molar-refractivity contribution in [2.45, 2.75) is 18.6 Å². The molecular formula is C16H19F3N2O2. The van der Waals surface area contributed by atoms with Gasteiger partial charge >= 0.3 is 6.18 Å². The molecule has 1 amide bonds. The molecule has 4 nitrogen and oxygen atoms in total. The minimum atomic E-state index is -4.48. The summed E-state index contributed by atoms with van der Waals surface area (Å²) in [5.74, 6) is -0.103. The van der Waals surface area contributed by atoms with Gasteiger partial charge in [-0.2, -0.15) is 13.2 Å². The molecule has 2 saturated heterocycles. The standard InChI is InChI=1S/C16H19F3N2O2/c17-16(18,19)13-4-2-1-3-12(13)14-15(22)20-6-7-21(14)9-11-5-8-23-10-11/h1-4,11,14H,5-10H2,(H,20,22). The van der Waals surface area contributed by atoms with E-state index in [2.05, 4.69) is 5.32 Å². The van der Waals surface area contributed by atoms with Gasteiger partial charge in [0, 0.05) is 26.2 Å². The first-order valence-electron chi connectivity index (χ1n) is 7.72. The Hall–Kier alpha value is -1.60. The van der Waals surface area contributed by atoms with Crippen LogP contribution in [0.5, 0.6) is 0 Å². The average molecular weight is 328 g/mol. The topological polar surface area (TPSA) is 41.6 Å². The van der Waals surface area contributed by atoms with E-state index in [-0.39, 0.29) is 17.4 Å².